The molecule has 4 aliphatic carbocycles. The van der Waals surface area contributed by atoms with E-state index >= 15 is 0 Å². The molecule has 130 valence electrons. The second-order valence-corrected chi connectivity index (χ2v) is 9.42. The fourth-order valence-electron chi connectivity index (χ4n) is 7.04. The van der Waals surface area contributed by atoms with Crippen LogP contribution >= 0.6 is 0 Å². The van der Waals surface area contributed by atoms with Crippen LogP contribution in [0.15, 0.2) is 0 Å². The van der Waals surface area contributed by atoms with Gasteiger partial charge in [-0.15, -0.1) is 0 Å². The van der Waals surface area contributed by atoms with Gasteiger partial charge >= 0.3 is 0 Å². The van der Waals surface area contributed by atoms with Gasteiger partial charge in [0, 0.05) is 6.42 Å². The summed E-state index contributed by atoms with van der Waals surface area (Å²) in [6.07, 6.45) is 5.63. The first-order valence-corrected chi connectivity index (χ1v) is 9.42. The van der Waals surface area contributed by atoms with E-state index in [9.17, 15) is 15.0 Å². The lowest BCUT2D eigenvalue weighted by molar-refractivity contribution is -0.169. The molecule has 0 spiro atoms. The third kappa shape index (κ3) is 2.04. The van der Waals surface area contributed by atoms with Crippen LogP contribution in [0.3, 0.4) is 0 Å². The number of hydrogen-bond donors (Lipinski definition) is 3. The second-order valence-electron chi connectivity index (χ2n) is 9.42. The monoisotopic (exact) mass is 321 g/mol. The van der Waals surface area contributed by atoms with Crippen LogP contribution in [0.4, 0.5) is 0 Å². The molecular formula is C19H31NO3. The van der Waals surface area contributed by atoms with Gasteiger partial charge in [-0.05, 0) is 73.0 Å². The Balaban J connectivity index is 1.69. The molecule has 0 aliphatic heterocycles. The molecule has 0 amide bonds. The lowest BCUT2D eigenvalue weighted by Gasteiger charge is -2.61. The number of ketones is 1. The van der Waals surface area contributed by atoms with Crippen molar-refractivity contribution >= 4 is 5.78 Å². The average molecular weight is 321 g/mol. The van der Waals surface area contributed by atoms with Gasteiger partial charge in [0.05, 0.1) is 18.2 Å². The standard InChI is InChI=1S/C19H31NO3/c1-18-5-3-11(21)7-10(18)8-14(22)16-12(18)4-6-19(2)13(16)9-15(23)17(19)20/h10-14,16-17,21-22H,3-9,20H2,1-2H3/t10?,11-,12+,13-,14+,16-,17+,18+,19+/m1/s1. The van der Waals surface area contributed by atoms with Gasteiger partial charge < -0.3 is 15.9 Å². The summed E-state index contributed by atoms with van der Waals surface area (Å²) < 4.78 is 0. The van der Waals surface area contributed by atoms with Gasteiger partial charge in [-0.1, -0.05) is 13.8 Å². The summed E-state index contributed by atoms with van der Waals surface area (Å²) in [5.41, 5.74) is 6.33. The number of rotatable bonds is 0. The van der Waals surface area contributed by atoms with Crippen LogP contribution in [0.2, 0.25) is 0 Å². The molecule has 0 radical (unpaired) electrons. The van der Waals surface area contributed by atoms with Crippen LogP contribution in [0.1, 0.15) is 58.8 Å². The molecule has 0 saturated heterocycles. The average Bonchev–Trinajstić information content (AvgIpc) is 2.73. The summed E-state index contributed by atoms with van der Waals surface area (Å²) in [6.45, 7) is 4.56. The fraction of sp³-hybridized carbons (Fsp3) is 0.947. The zero-order chi connectivity index (χ0) is 16.6. The maximum absolute atomic E-state index is 12.3. The highest BCUT2D eigenvalue weighted by Gasteiger charge is 2.63. The molecule has 0 heterocycles. The molecule has 1 unspecified atom stereocenters. The molecule has 4 rings (SSSR count). The highest BCUT2D eigenvalue weighted by molar-refractivity contribution is 5.87. The van der Waals surface area contributed by atoms with Crippen LogP contribution in [-0.4, -0.2) is 34.2 Å². The molecule has 4 saturated carbocycles. The van der Waals surface area contributed by atoms with Gasteiger partial charge in [0.15, 0.2) is 0 Å². The number of aliphatic hydroxyl groups excluding tert-OH is 2. The lowest BCUT2D eigenvalue weighted by atomic mass is 9.44. The highest BCUT2D eigenvalue weighted by atomic mass is 16.3. The van der Waals surface area contributed by atoms with Crippen molar-refractivity contribution in [3.8, 4) is 0 Å². The Hall–Kier alpha value is -0.450. The topological polar surface area (TPSA) is 83.6 Å². The van der Waals surface area contributed by atoms with Crippen LogP contribution < -0.4 is 5.73 Å². The SMILES string of the molecule is C[C@]12CC[C@H]3[C@H]([C@H]1CC(=O)[C@@H]2N)[C@@H](O)CC1C[C@H](O)CC[C@@]13C. The third-order valence-electron chi connectivity index (χ3n) is 8.57. The molecule has 4 aliphatic rings. The van der Waals surface area contributed by atoms with E-state index in [4.69, 9.17) is 5.73 Å². The smallest absolute Gasteiger partial charge is 0.150 e. The van der Waals surface area contributed by atoms with Crippen molar-refractivity contribution in [1.82, 2.24) is 0 Å². The van der Waals surface area contributed by atoms with Gasteiger partial charge in [0.2, 0.25) is 0 Å². The van der Waals surface area contributed by atoms with E-state index in [-0.39, 0.29) is 46.7 Å². The van der Waals surface area contributed by atoms with Crippen LogP contribution in [0, 0.1) is 34.5 Å². The first-order valence-electron chi connectivity index (χ1n) is 9.42. The Morgan fingerprint density at radius 3 is 2.48 bits per heavy atom. The van der Waals surface area contributed by atoms with E-state index in [1.165, 1.54) is 0 Å². The summed E-state index contributed by atoms with van der Waals surface area (Å²) in [5, 5.41) is 21.0. The third-order valence-corrected chi connectivity index (χ3v) is 8.57. The van der Waals surface area contributed by atoms with E-state index in [2.05, 4.69) is 13.8 Å². The van der Waals surface area contributed by atoms with Gasteiger partial charge in [-0.2, -0.15) is 0 Å². The van der Waals surface area contributed by atoms with Crippen molar-refractivity contribution in [2.24, 2.45) is 40.2 Å². The molecule has 0 aromatic heterocycles. The Bertz CT molecular complexity index is 523. The Morgan fingerprint density at radius 2 is 1.74 bits per heavy atom. The molecule has 4 nitrogen and oxygen atoms in total. The molecule has 0 aromatic carbocycles. The van der Waals surface area contributed by atoms with E-state index in [1.54, 1.807) is 0 Å². The normalized spacial score (nSPS) is 59.2. The van der Waals surface area contributed by atoms with Crippen molar-refractivity contribution in [2.45, 2.75) is 77.0 Å². The number of aliphatic hydroxyl groups is 2. The molecule has 4 heteroatoms. The van der Waals surface area contributed by atoms with Crippen molar-refractivity contribution in [2.75, 3.05) is 0 Å². The van der Waals surface area contributed by atoms with Gasteiger partial charge in [-0.3, -0.25) is 4.79 Å². The molecule has 9 atom stereocenters. The highest BCUT2D eigenvalue weighted by Crippen LogP contribution is 2.65. The van der Waals surface area contributed by atoms with Crippen LogP contribution in [0.25, 0.3) is 0 Å². The van der Waals surface area contributed by atoms with Crippen molar-refractivity contribution in [3.05, 3.63) is 0 Å². The summed E-state index contributed by atoms with van der Waals surface area (Å²) in [4.78, 5) is 12.3. The summed E-state index contributed by atoms with van der Waals surface area (Å²) >= 11 is 0. The minimum atomic E-state index is -0.348. The van der Waals surface area contributed by atoms with Crippen molar-refractivity contribution < 1.29 is 15.0 Å². The summed E-state index contributed by atoms with van der Waals surface area (Å²) in [5.74, 6) is 1.53. The van der Waals surface area contributed by atoms with Crippen LogP contribution in [0.5, 0.6) is 0 Å². The first-order chi connectivity index (χ1) is 10.8. The fourth-order valence-corrected chi connectivity index (χ4v) is 7.04. The van der Waals surface area contributed by atoms with Gasteiger partial charge in [0.25, 0.3) is 0 Å². The van der Waals surface area contributed by atoms with Crippen molar-refractivity contribution in [3.63, 3.8) is 0 Å². The molecule has 4 N–H and O–H groups in total. The van der Waals surface area contributed by atoms with E-state index in [0.717, 1.165) is 38.5 Å². The Morgan fingerprint density at radius 1 is 1.04 bits per heavy atom. The minimum Gasteiger partial charge on any atom is -0.393 e. The predicted octanol–water partition coefficient (Wildman–Crippen LogP) is 1.87. The molecule has 0 aromatic rings. The minimum absolute atomic E-state index is 0.128. The number of carbonyl (C=O) groups excluding carboxylic acids is 1. The second kappa shape index (κ2) is 5.03. The molecular weight excluding hydrogens is 290 g/mol. The van der Waals surface area contributed by atoms with Gasteiger partial charge in [-0.25, -0.2) is 0 Å². The zero-order valence-electron chi connectivity index (χ0n) is 14.4. The predicted molar refractivity (Wildman–Crippen MR) is 87.5 cm³/mol. The van der Waals surface area contributed by atoms with E-state index in [0.29, 0.717) is 18.3 Å². The van der Waals surface area contributed by atoms with Crippen molar-refractivity contribution in [1.29, 1.82) is 0 Å². The summed E-state index contributed by atoms with van der Waals surface area (Å²) in [6, 6.07) is -0.348. The summed E-state index contributed by atoms with van der Waals surface area (Å²) in [7, 11) is 0. The molecule has 4 fully saturated rings. The molecule has 23 heavy (non-hydrogen) atoms. The number of carbonyl (C=O) groups is 1. The zero-order valence-corrected chi connectivity index (χ0v) is 14.4. The van der Waals surface area contributed by atoms with Gasteiger partial charge in [0.1, 0.15) is 5.78 Å². The largest absolute Gasteiger partial charge is 0.393 e. The first kappa shape index (κ1) is 16.0. The lowest BCUT2D eigenvalue weighted by Crippen LogP contribution is -2.59. The van der Waals surface area contributed by atoms with Crippen LogP contribution in [-0.2, 0) is 4.79 Å². The van der Waals surface area contributed by atoms with E-state index in [1.807, 2.05) is 0 Å². The molecule has 0 bridgehead atoms. The maximum Gasteiger partial charge on any atom is 0.150 e. The van der Waals surface area contributed by atoms with E-state index < -0.39 is 0 Å². The quantitative estimate of drug-likeness (QED) is 0.636. The number of hydrogen-bond acceptors (Lipinski definition) is 4. The number of Topliss-reactive ketones (excluding diaryl/α,β-unsaturated/α-hetero) is 1. The number of fused-ring (bicyclic) bond motifs is 5. The number of nitrogens with two attached hydrogens (primary N) is 1. The Kier molecular flexibility index (Phi) is 3.51. The Labute approximate surface area is 138 Å². The maximum atomic E-state index is 12.3.